The predicted molar refractivity (Wildman–Crippen MR) is 52.2 cm³/mol. The summed E-state index contributed by atoms with van der Waals surface area (Å²) >= 11 is 2.99. The van der Waals surface area contributed by atoms with Gasteiger partial charge in [-0.2, -0.15) is 4.89 Å². The van der Waals surface area contributed by atoms with Crippen LogP contribution in [0.2, 0.25) is 0 Å². The van der Waals surface area contributed by atoms with E-state index in [0.717, 1.165) is 0 Å². The SMILES string of the molecule is NCCC(C(CBr)C(=O)O)[P+](=O)O. The van der Waals surface area contributed by atoms with Gasteiger partial charge in [-0.25, -0.2) is 0 Å². The highest BCUT2D eigenvalue weighted by atomic mass is 79.9. The molecule has 0 aliphatic heterocycles. The van der Waals surface area contributed by atoms with Gasteiger partial charge in [-0.15, -0.1) is 0 Å². The maximum absolute atomic E-state index is 10.8. The Hall–Kier alpha value is -0.0300. The molecule has 76 valence electrons. The number of aliphatic carboxylic acids is 1. The zero-order chi connectivity index (χ0) is 10.4. The third kappa shape index (κ3) is 4.13. The third-order valence-corrected chi connectivity index (χ3v) is 3.58. The summed E-state index contributed by atoms with van der Waals surface area (Å²) in [6, 6.07) is 0. The van der Waals surface area contributed by atoms with Crippen LogP contribution in [-0.2, 0) is 9.36 Å². The van der Waals surface area contributed by atoms with E-state index in [4.69, 9.17) is 15.7 Å². The lowest BCUT2D eigenvalue weighted by atomic mass is 10.1. The minimum Gasteiger partial charge on any atom is -0.481 e. The molecule has 0 fully saturated rings. The molecule has 0 aromatic rings. The molecule has 0 saturated carbocycles. The van der Waals surface area contributed by atoms with Crippen molar-refractivity contribution < 1.29 is 19.4 Å². The molecule has 0 aromatic carbocycles. The molecule has 7 heteroatoms. The number of halogens is 1. The average molecular weight is 273 g/mol. The van der Waals surface area contributed by atoms with E-state index in [9.17, 15) is 9.36 Å². The second kappa shape index (κ2) is 6.43. The molecular weight excluding hydrogens is 261 g/mol. The van der Waals surface area contributed by atoms with Gasteiger partial charge in [-0.05, 0) is 11.1 Å². The van der Waals surface area contributed by atoms with Crippen LogP contribution in [0.25, 0.3) is 0 Å². The number of nitrogens with two attached hydrogens (primary N) is 1. The minimum absolute atomic E-state index is 0.161. The molecule has 0 saturated heterocycles. The van der Waals surface area contributed by atoms with E-state index < -0.39 is 25.6 Å². The van der Waals surface area contributed by atoms with Crippen LogP contribution in [0.4, 0.5) is 0 Å². The minimum atomic E-state index is -2.49. The Morgan fingerprint density at radius 3 is 2.38 bits per heavy atom. The van der Waals surface area contributed by atoms with Crippen molar-refractivity contribution in [3.63, 3.8) is 0 Å². The molecule has 0 spiro atoms. The van der Waals surface area contributed by atoms with Gasteiger partial charge in [-0.3, -0.25) is 4.79 Å². The van der Waals surface area contributed by atoms with E-state index in [1.54, 1.807) is 0 Å². The number of hydrogen-bond donors (Lipinski definition) is 3. The van der Waals surface area contributed by atoms with Crippen LogP contribution in [0, 0.1) is 5.92 Å². The lowest BCUT2D eigenvalue weighted by Gasteiger charge is -2.10. The summed E-state index contributed by atoms with van der Waals surface area (Å²) < 4.78 is 10.8. The van der Waals surface area contributed by atoms with Gasteiger partial charge >= 0.3 is 14.0 Å². The van der Waals surface area contributed by atoms with E-state index in [1.165, 1.54) is 0 Å². The van der Waals surface area contributed by atoms with Crippen LogP contribution >= 0.6 is 24.0 Å². The molecule has 0 aliphatic rings. The van der Waals surface area contributed by atoms with Crippen molar-refractivity contribution in [3.05, 3.63) is 0 Å². The first-order chi connectivity index (χ1) is 6.04. The second-order valence-electron chi connectivity index (χ2n) is 2.55. The van der Waals surface area contributed by atoms with E-state index in [0.29, 0.717) is 0 Å². The van der Waals surface area contributed by atoms with Crippen molar-refractivity contribution in [1.29, 1.82) is 0 Å². The Kier molecular flexibility index (Phi) is 6.41. The first kappa shape index (κ1) is 13.0. The van der Waals surface area contributed by atoms with Gasteiger partial charge < -0.3 is 10.8 Å². The normalized spacial score (nSPS) is 16.4. The van der Waals surface area contributed by atoms with Gasteiger partial charge in [0.05, 0.1) is 0 Å². The van der Waals surface area contributed by atoms with Crippen LogP contribution < -0.4 is 5.73 Å². The van der Waals surface area contributed by atoms with Gasteiger partial charge in [0.2, 0.25) is 5.66 Å². The first-order valence-corrected chi connectivity index (χ1v) is 6.09. The van der Waals surface area contributed by atoms with Gasteiger partial charge in [0.1, 0.15) is 5.92 Å². The lowest BCUT2D eigenvalue weighted by molar-refractivity contribution is -0.141. The summed E-state index contributed by atoms with van der Waals surface area (Å²) in [6.45, 7) is 0.211. The Bertz CT molecular complexity index is 201. The summed E-state index contributed by atoms with van der Waals surface area (Å²) in [5.41, 5.74) is 4.45. The molecule has 13 heavy (non-hydrogen) atoms. The number of rotatable bonds is 6. The molecule has 3 atom stereocenters. The molecule has 5 nitrogen and oxygen atoms in total. The Morgan fingerprint density at radius 1 is 1.62 bits per heavy atom. The zero-order valence-corrected chi connectivity index (χ0v) is 9.37. The molecule has 4 N–H and O–H groups in total. The Labute approximate surface area is 85.3 Å². The Morgan fingerprint density at radius 2 is 2.15 bits per heavy atom. The van der Waals surface area contributed by atoms with E-state index in [-0.39, 0.29) is 18.3 Å². The van der Waals surface area contributed by atoms with E-state index in [2.05, 4.69) is 15.9 Å². The van der Waals surface area contributed by atoms with E-state index >= 15 is 0 Å². The van der Waals surface area contributed by atoms with Gasteiger partial charge in [-0.1, -0.05) is 15.9 Å². The zero-order valence-electron chi connectivity index (χ0n) is 6.89. The van der Waals surface area contributed by atoms with Crippen molar-refractivity contribution in [2.24, 2.45) is 11.7 Å². The van der Waals surface area contributed by atoms with Gasteiger partial charge in [0.15, 0.2) is 0 Å². The topological polar surface area (TPSA) is 101 Å². The smallest absolute Gasteiger partial charge is 0.481 e. The average Bonchev–Trinajstić information content (AvgIpc) is 2.03. The summed E-state index contributed by atoms with van der Waals surface area (Å²) in [6.07, 6.45) is 0.244. The highest BCUT2D eigenvalue weighted by Gasteiger charge is 2.40. The molecule has 0 aliphatic carbocycles. The quantitative estimate of drug-likeness (QED) is 0.484. The summed E-state index contributed by atoms with van der Waals surface area (Å²) in [5.74, 6) is -1.93. The maximum Gasteiger partial charge on any atom is 0.509 e. The fraction of sp³-hybridized carbons (Fsp3) is 0.833. The predicted octanol–water partition coefficient (Wildman–Crippen LogP) is 0.534. The summed E-state index contributed by atoms with van der Waals surface area (Å²) in [7, 11) is -2.49. The molecule has 0 aromatic heterocycles. The number of carboxylic acid groups (broad SMARTS) is 1. The van der Waals surface area contributed by atoms with Gasteiger partial charge in [0.25, 0.3) is 0 Å². The monoisotopic (exact) mass is 272 g/mol. The van der Waals surface area contributed by atoms with E-state index in [1.807, 2.05) is 0 Å². The standard InChI is InChI=1S/C6H11BrNO4P/c7-3-4(6(9)10)5(1-2-8)13(11)12/h4-5H,1-3,8H2,(H-,9,10,11,12)/p+1. The molecule has 0 radical (unpaired) electrons. The number of carboxylic acids is 1. The van der Waals surface area contributed by atoms with Crippen LogP contribution in [0.1, 0.15) is 6.42 Å². The van der Waals surface area contributed by atoms with Crippen LogP contribution in [0.15, 0.2) is 0 Å². The summed E-state index contributed by atoms with van der Waals surface area (Å²) in [4.78, 5) is 19.5. The van der Waals surface area contributed by atoms with Crippen molar-refractivity contribution in [2.45, 2.75) is 12.1 Å². The fourth-order valence-corrected chi connectivity index (χ4v) is 2.90. The highest BCUT2D eigenvalue weighted by Crippen LogP contribution is 2.32. The number of alkyl halides is 1. The largest absolute Gasteiger partial charge is 0.509 e. The highest BCUT2D eigenvalue weighted by molar-refractivity contribution is 9.09. The van der Waals surface area contributed by atoms with Crippen molar-refractivity contribution in [3.8, 4) is 0 Å². The molecular formula is C6H12BrNO4P+. The van der Waals surface area contributed by atoms with Crippen LogP contribution in [-0.4, -0.2) is 33.5 Å². The van der Waals surface area contributed by atoms with Crippen molar-refractivity contribution in [2.75, 3.05) is 11.9 Å². The molecule has 3 unspecified atom stereocenters. The number of hydrogen-bond acceptors (Lipinski definition) is 3. The van der Waals surface area contributed by atoms with Gasteiger partial charge in [0, 0.05) is 11.8 Å². The maximum atomic E-state index is 10.8. The fourth-order valence-electron chi connectivity index (χ4n) is 0.970. The van der Waals surface area contributed by atoms with Crippen LogP contribution in [0.3, 0.4) is 0 Å². The third-order valence-electron chi connectivity index (χ3n) is 1.69. The lowest BCUT2D eigenvalue weighted by Crippen LogP contribution is -2.29. The molecule has 0 rings (SSSR count). The molecule has 0 heterocycles. The molecule has 0 bridgehead atoms. The summed E-state index contributed by atoms with van der Waals surface area (Å²) in [5, 5.41) is 8.87. The Balaban J connectivity index is 4.48. The van der Waals surface area contributed by atoms with Crippen molar-refractivity contribution >= 4 is 29.9 Å². The number of carbonyl (C=O) groups is 1. The molecule has 0 amide bonds. The first-order valence-electron chi connectivity index (χ1n) is 3.68. The van der Waals surface area contributed by atoms with Crippen LogP contribution in [0.5, 0.6) is 0 Å². The second-order valence-corrected chi connectivity index (χ2v) is 4.46. The van der Waals surface area contributed by atoms with Crippen molar-refractivity contribution in [1.82, 2.24) is 0 Å².